The predicted molar refractivity (Wildman–Crippen MR) is 87.5 cm³/mol. The van der Waals surface area contributed by atoms with Crippen molar-refractivity contribution in [3.8, 4) is 0 Å². The number of benzene rings is 1. The summed E-state index contributed by atoms with van der Waals surface area (Å²) in [7, 11) is 0. The van der Waals surface area contributed by atoms with Crippen LogP contribution >= 0.6 is 11.3 Å². The highest BCUT2D eigenvalue weighted by atomic mass is 32.1. The van der Waals surface area contributed by atoms with Crippen LogP contribution in [0, 0.1) is 0 Å². The number of thiophene rings is 1. The molecule has 0 unspecified atom stereocenters. The van der Waals surface area contributed by atoms with Crippen LogP contribution in [0.5, 0.6) is 0 Å². The summed E-state index contributed by atoms with van der Waals surface area (Å²) in [5.41, 5.74) is 1.42. The lowest BCUT2D eigenvalue weighted by molar-refractivity contribution is -0.0646. The molecule has 3 aromatic rings. The van der Waals surface area contributed by atoms with E-state index in [9.17, 15) is 8.78 Å². The van der Waals surface area contributed by atoms with Crippen LogP contribution in [0.2, 0.25) is 0 Å². The van der Waals surface area contributed by atoms with Gasteiger partial charge in [-0.3, -0.25) is 9.98 Å². The molecule has 0 aliphatic carbocycles. The molecule has 6 heteroatoms. The van der Waals surface area contributed by atoms with Gasteiger partial charge in [0.25, 0.3) is 0 Å². The van der Waals surface area contributed by atoms with Crippen molar-refractivity contribution in [1.82, 2.24) is 9.97 Å². The van der Waals surface area contributed by atoms with Crippen molar-refractivity contribution >= 4 is 28.1 Å². The van der Waals surface area contributed by atoms with Gasteiger partial charge in [0.1, 0.15) is 11.2 Å². The summed E-state index contributed by atoms with van der Waals surface area (Å²) in [6.45, 7) is 2.90. The highest BCUT2D eigenvalue weighted by molar-refractivity contribution is 7.10. The van der Waals surface area contributed by atoms with E-state index in [1.807, 2.05) is 24.3 Å². The fourth-order valence-electron chi connectivity index (χ4n) is 2.69. The van der Waals surface area contributed by atoms with Gasteiger partial charge in [-0.25, -0.2) is 4.98 Å². The summed E-state index contributed by atoms with van der Waals surface area (Å²) >= 11 is 1.06. The standard InChI is InChI=1S/C17H13F2N3S/c1-16(2)17(18,19)15-10(7-8-23-15)14(22-16)13-9-20-11-5-3-4-6-12(11)21-13/h3-9H,1-2H3. The predicted octanol–water partition coefficient (Wildman–Crippen LogP) is 4.41. The third-order valence-electron chi connectivity index (χ3n) is 4.06. The quantitative estimate of drug-likeness (QED) is 0.663. The van der Waals surface area contributed by atoms with Crippen LogP contribution < -0.4 is 0 Å². The normalized spacial score (nSPS) is 18.5. The lowest BCUT2D eigenvalue weighted by atomic mass is 9.88. The first-order chi connectivity index (χ1) is 10.9. The van der Waals surface area contributed by atoms with Crippen molar-refractivity contribution in [2.24, 2.45) is 4.99 Å². The molecule has 0 radical (unpaired) electrons. The number of para-hydroxylation sites is 2. The average molecular weight is 329 g/mol. The van der Waals surface area contributed by atoms with Gasteiger partial charge in [0.05, 0.1) is 27.8 Å². The summed E-state index contributed by atoms with van der Waals surface area (Å²) in [4.78, 5) is 13.3. The molecule has 1 aliphatic heterocycles. The third-order valence-corrected chi connectivity index (χ3v) is 5.04. The van der Waals surface area contributed by atoms with Crippen LogP contribution in [0.25, 0.3) is 11.0 Å². The lowest BCUT2D eigenvalue weighted by Gasteiger charge is -2.35. The van der Waals surface area contributed by atoms with Crippen LogP contribution in [0.4, 0.5) is 8.78 Å². The summed E-state index contributed by atoms with van der Waals surface area (Å²) in [6, 6.07) is 9.15. The van der Waals surface area contributed by atoms with Gasteiger partial charge in [-0.2, -0.15) is 8.78 Å². The molecule has 0 bridgehead atoms. The van der Waals surface area contributed by atoms with E-state index in [4.69, 9.17) is 0 Å². The highest BCUT2D eigenvalue weighted by Gasteiger charge is 2.53. The first-order valence-electron chi connectivity index (χ1n) is 7.18. The Morgan fingerprint density at radius 3 is 2.57 bits per heavy atom. The number of fused-ring (bicyclic) bond motifs is 2. The maximum atomic E-state index is 14.6. The SMILES string of the molecule is CC1(C)N=C(c2cnc3ccccc3n2)c2ccsc2C1(F)F. The van der Waals surface area contributed by atoms with E-state index in [0.29, 0.717) is 17.0 Å². The van der Waals surface area contributed by atoms with E-state index in [1.54, 1.807) is 17.6 Å². The number of aliphatic imine (C=N–C) groups is 1. The fraction of sp³-hybridized carbons (Fsp3) is 0.235. The number of halogens is 2. The van der Waals surface area contributed by atoms with E-state index in [-0.39, 0.29) is 4.88 Å². The van der Waals surface area contributed by atoms with Gasteiger partial charge >= 0.3 is 5.92 Å². The summed E-state index contributed by atoms with van der Waals surface area (Å²) in [5, 5.41) is 1.67. The van der Waals surface area contributed by atoms with Crippen LogP contribution in [-0.2, 0) is 5.92 Å². The molecule has 0 saturated carbocycles. The molecule has 1 aliphatic rings. The van der Waals surface area contributed by atoms with Crippen LogP contribution in [0.3, 0.4) is 0 Å². The zero-order valence-corrected chi connectivity index (χ0v) is 13.4. The molecule has 0 spiro atoms. The maximum Gasteiger partial charge on any atom is 0.306 e. The number of alkyl halides is 2. The lowest BCUT2D eigenvalue weighted by Crippen LogP contribution is -2.43. The summed E-state index contributed by atoms with van der Waals surface area (Å²) in [6.07, 6.45) is 1.60. The Bertz CT molecular complexity index is 944. The number of nitrogens with zero attached hydrogens (tertiary/aromatic N) is 3. The minimum absolute atomic E-state index is 0.0439. The second-order valence-corrected chi connectivity index (χ2v) is 6.92. The molecule has 0 atom stereocenters. The van der Waals surface area contributed by atoms with Crippen molar-refractivity contribution < 1.29 is 8.78 Å². The molecule has 116 valence electrons. The molecule has 0 saturated heterocycles. The zero-order chi connectivity index (χ0) is 16.2. The van der Waals surface area contributed by atoms with E-state index in [0.717, 1.165) is 22.4 Å². The Labute approximate surface area is 135 Å². The Balaban J connectivity index is 1.95. The zero-order valence-electron chi connectivity index (χ0n) is 12.5. The van der Waals surface area contributed by atoms with Crippen LogP contribution in [0.15, 0.2) is 46.9 Å². The number of hydrogen-bond acceptors (Lipinski definition) is 4. The van der Waals surface area contributed by atoms with Gasteiger partial charge in [-0.05, 0) is 37.4 Å². The molecule has 2 aromatic heterocycles. The van der Waals surface area contributed by atoms with Gasteiger partial charge in [0, 0.05) is 5.56 Å². The number of rotatable bonds is 1. The Morgan fingerprint density at radius 1 is 1.04 bits per heavy atom. The number of hydrogen-bond donors (Lipinski definition) is 0. The fourth-order valence-corrected chi connectivity index (χ4v) is 3.72. The van der Waals surface area contributed by atoms with Gasteiger partial charge < -0.3 is 0 Å². The smallest absolute Gasteiger partial charge is 0.270 e. The van der Waals surface area contributed by atoms with Crippen molar-refractivity contribution in [1.29, 1.82) is 0 Å². The highest BCUT2D eigenvalue weighted by Crippen LogP contribution is 2.48. The maximum absolute atomic E-state index is 14.6. The number of aromatic nitrogens is 2. The monoisotopic (exact) mass is 329 g/mol. The summed E-state index contributed by atoms with van der Waals surface area (Å²) < 4.78 is 29.2. The molecular weight excluding hydrogens is 316 g/mol. The molecule has 0 amide bonds. The van der Waals surface area contributed by atoms with E-state index in [1.165, 1.54) is 13.8 Å². The van der Waals surface area contributed by atoms with E-state index in [2.05, 4.69) is 15.0 Å². The molecule has 4 rings (SSSR count). The second-order valence-electron chi connectivity index (χ2n) is 6.00. The second kappa shape index (κ2) is 4.64. The van der Waals surface area contributed by atoms with Crippen LogP contribution in [0.1, 0.15) is 30.0 Å². The Morgan fingerprint density at radius 2 is 1.78 bits per heavy atom. The minimum Gasteiger partial charge on any atom is -0.270 e. The van der Waals surface area contributed by atoms with Gasteiger partial charge in [0.15, 0.2) is 0 Å². The van der Waals surface area contributed by atoms with Gasteiger partial charge in [-0.15, -0.1) is 11.3 Å². The molecule has 3 heterocycles. The van der Waals surface area contributed by atoms with Crippen molar-refractivity contribution in [3.63, 3.8) is 0 Å². The topological polar surface area (TPSA) is 38.1 Å². The minimum atomic E-state index is -3.00. The first-order valence-corrected chi connectivity index (χ1v) is 8.06. The first kappa shape index (κ1) is 14.4. The van der Waals surface area contributed by atoms with Gasteiger partial charge in [-0.1, -0.05) is 12.1 Å². The Hall–Kier alpha value is -2.21. The Kier molecular flexibility index (Phi) is 2.90. The van der Waals surface area contributed by atoms with Crippen molar-refractivity contribution in [2.75, 3.05) is 0 Å². The largest absolute Gasteiger partial charge is 0.306 e. The van der Waals surface area contributed by atoms with Gasteiger partial charge in [0.2, 0.25) is 0 Å². The van der Waals surface area contributed by atoms with Crippen molar-refractivity contribution in [3.05, 3.63) is 58.0 Å². The van der Waals surface area contributed by atoms with Crippen LogP contribution in [-0.4, -0.2) is 21.2 Å². The average Bonchev–Trinajstić information content (AvgIpc) is 3.01. The van der Waals surface area contributed by atoms with E-state index < -0.39 is 11.5 Å². The summed E-state index contributed by atoms with van der Waals surface area (Å²) in [5.74, 6) is -3.00. The molecule has 1 aromatic carbocycles. The van der Waals surface area contributed by atoms with E-state index >= 15 is 0 Å². The third kappa shape index (κ3) is 2.01. The molecular formula is C17H13F2N3S. The molecule has 23 heavy (non-hydrogen) atoms. The van der Waals surface area contributed by atoms with Crippen molar-refractivity contribution in [2.45, 2.75) is 25.3 Å². The molecule has 3 nitrogen and oxygen atoms in total. The molecule has 0 fully saturated rings. The molecule has 0 N–H and O–H groups in total.